The van der Waals surface area contributed by atoms with Gasteiger partial charge in [-0.2, -0.15) is 0 Å². The quantitative estimate of drug-likeness (QED) is 0.642. The first kappa shape index (κ1) is 21.9. The number of sulfonamides is 1. The Bertz CT molecular complexity index is 1220. The molecule has 0 saturated heterocycles. The molecule has 0 spiro atoms. The minimum Gasteiger partial charge on any atom is -0.464 e. The van der Waals surface area contributed by atoms with Gasteiger partial charge in [-0.15, -0.1) is 0 Å². The molecule has 0 fully saturated rings. The number of hydrogen-bond acceptors (Lipinski definition) is 5. The van der Waals surface area contributed by atoms with Crippen LogP contribution in [0.1, 0.15) is 36.4 Å². The number of aliphatic hydroxyl groups is 1. The molecule has 0 aliphatic heterocycles. The second-order valence-electron chi connectivity index (χ2n) is 7.91. The van der Waals surface area contributed by atoms with E-state index in [4.69, 9.17) is 0 Å². The SMILES string of the molecule is Cc1c(Cc2ccc(S(=O)(=O)N(C)C)cc2)c2nc(C(C)(C)O)ccc2n1C(=O)O. The Morgan fingerprint density at radius 1 is 1.13 bits per heavy atom. The van der Waals surface area contributed by atoms with Crippen molar-refractivity contribution in [3.63, 3.8) is 0 Å². The fraction of sp³-hybridized carbons (Fsp3) is 0.333. The lowest BCUT2D eigenvalue weighted by molar-refractivity contribution is 0.0742. The van der Waals surface area contributed by atoms with E-state index >= 15 is 0 Å². The molecule has 8 nitrogen and oxygen atoms in total. The molecule has 0 bridgehead atoms. The molecule has 0 unspecified atom stereocenters. The van der Waals surface area contributed by atoms with E-state index in [-0.39, 0.29) is 4.90 Å². The van der Waals surface area contributed by atoms with Crippen molar-refractivity contribution in [2.75, 3.05) is 14.1 Å². The number of carbonyl (C=O) groups is 1. The van der Waals surface area contributed by atoms with E-state index in [1.807, 2.05) is 0 Å². The van der Waals surface area contributed by atoms with Crippen LogP contribution in [0.3, 0.4) is 0 Å². The zero-order valence-corrected chi connectivity index (χ0v) is 18.4. The Kier molecular flexibility index (Phi) is 5.48. The first-order valence-electron chi connectivity index (χ1n) is 9.32. The Labute approximate surface area is 175 Å². The maximum atomic E-state index is 12.3. The third-order valence-corrected chi connectivity index (χ3v) is 6.90. The van der Waals surface area contributed by atoms with Crippen LogP contribution in [0.5, 0.6) is 0 Å². The molecule has 9 heteroatoms. The minimum absolute atomic E-state index is 0.184. The molecule has 0 saturated carbocycles. The lowest BCUT2D eigenvalue weighted by Crippen LogP contribution is -2.22. The van der Waals surface area contributed by atoms with Gasteiger partial charge in [0.1, 0.15) is 5.60 Å². The average molecular weight is 432 g/mol. The van der Waals surface area contributed by atoms with Crippen LogP contribution in [-0.4, -0.2) is 52.7 Å². The van der Waals surface area contributed by atoms with Gasteiger partial charge < -0.3 is 10.2 Å². The van der Waals surface area contributed by atoms with Crippen molar-refractivity contribution in [2.24, 2.45) is 0 Å². The van der Waals surface area contributed by atoms with Crippen LogP contribution in [0.4, 0.5) is 4.79 Å². The molecule has 160 valence electrons. The van der Waals surface area contributed by atoms with Gasteiger partial charge in [0.05, 0.1) is 21.6 Å². The van der Waals surface area contributed by atoms with Gasteiger partial charge in [-0.25, -0.2) is 27.1 Å². The largest absolute Gasteiger partial charge is 0.464 e. The second-order valence-corrected chi connectivity index (χ2v) is 10.1. The number of carboxylic acid groups (broad SMARTS) is 1. The zero-order valence-electron chi connectivity index (χ0n) is 17.5. The fourth-order valence-corrected chi connectivity index (χ4v) is 4.24. The highest BCUT2D eigenvalue weighted by molar-refractivity contribution is 7.89. The molecule has 2 aromatic heterocycles. The molecule has 2 heterocycles. The highest BCUT2D eigenvalue weighted by Gasteiger charge is 2.24. The number of fused-ring (bicyclic) bond motifs is 1. The van der Waals surface area contributed by atoms with Gasteiger partial charge in [0.2, 0.25) is 10.0 Å². The molecule has 0 atom stereocenters. The number of hydrogen-bond donors (Lipinski definition) is 2. The van der Waals surface area contributed by atoms with E-state index < -0.39 is 21.7 Å². The summed E-state index contributed by atoms with van der Waals surface area (Å²) in [6.45, 7) is 4.94. The highest BCUT2D eigenvalue weighted by atomic mass is 32.2. The monoisotopic (exact) mass is 431 g/mol. The summed E-state index contributed by atoms with van der Waals surface area (Å²) in [6.07, 6.45) is -0.748. The second kappa shape index (κ2) is 7.50. The van der Waals surface area contributed by atoms with Crippen molar-refractivity contribution in [1.82, 2.24) is 13.9 Å². The van der Waals surface area contributed by atoms with Gasteiger partial charge in [-0.1, -0.05) is 12.1 Å². The Balaban J connectivity index is 2.11. The van der Waals surface area contributed by atoms with E-state index in [9.17, 15) is 23.4 Å². The molecule has 3 rings (SSSR count). The van der Waals surface area contributed by atoms with Crippen LogP contribution in [-0.2, 0) is 22.0 Å². The predicted octanol–water partition coefficient (Wildman–Crippen LogP) is 2.94. The Hall–Kier alpha value is -2.75. The maximum absolute atomic E-state index is 12.3. The van der Waals surface area contributed by atoms with Gasteiger partial charge in [0.15, 0.2) is 0 Å². The van der Waals surface area contributed by atoms with Gasteiger partial charge in [-0.05, 0) is 50.6 Å². The molecule has 0 aliphatic carbocycles. The first-order valence-corrected chi connectivity index (χ1v) is 10.8. The fourth-order valence-electron chi connectivity index (χ4n) is 3.33. The number of benzene rings is 1. The predicted molar refractivity (Wildman–Crippen MR) is 113 cm³/mol. The van der Waals surface area contributed by atoms with Crippen molar-refractivity contribution >= 4 is 27.1 Å². The lowest BCUT2D eigenvalue weighted by atomic mass is 10.0. The van der Waals surface area contributed by atoms with E-state index in [1.165, 1.54) is 30.8 Å². The van der Waals surface area contributed by atoms with Gasteiger partial charge >= 0.3 is 6.09 Å². The Morgan fingerprint density at radius 2 is 1.73 bits per heavy atom. The number of rotatable bonds is 5. The summed E-state index contributed by atoms with van der Waals surface area (Å²) < 4.78 is 26.9. The molecule has 0 aliphatic rings. The topological polar surface area (TPSA) is 113 Å². The molecule has 0 amide bonds. The van der Waals surface area contributed by atoms with Crippen LogP contribution in [0.25, 0.3) is 11.0 Å². The van der Waals surface area contributed by atoms with E-state index in [0.29, 0.717) is 34.4 Å². The lowest BCUT2D eigenvalue weighted by Gasteiger charge is -2.16. The summed E-state index contributed by atoms with van der Waals surface area (Å²) in [4.78, 5) is 16.6. The van der Waals surface area contributed by atoms with Crippen molar-refractivity contribution in [1.29, 1.82) is 0 Å². The van der Waals surface area contributed by atoms with Crippen molar-refractivity contribution in [2.45, 2.75) is 37.7 Å². The van der Waals surface area contributed by atoms with Crippen molar-refractivity contribution in [3.05, 3.63) is 58.9 Å². The summed E-state index contributed by atoms with van der Waals surface area (Å²) in [5.41, 5.74) is 2.26. The maximum Gasteiger partial charge on any atom is 0.416 e. The van der Waals surface area contributed by atoms with E-state index in [2.05, 4.69) is 4.98 Å². The standard InChI is InChI=1S/C21H25N3O5S/c1-13-16(12-14-6-8-15(9-7-14)30(28,29)23(4)5)19-17(24(13)20(25)26)10-11-18(22-19)21(2,3)27/h6-11,27H,12H2,1-5H3,(H,25,26). The number of aromatic nitrogens is 2. The number of pyridine rings is 1. The molecule has 1 aromatic carbocycles. The molecule has 0 radical (unpaired) electrons. The van der Waals surface area contributed by atoms with Crippen LogP contribution in [0, 0.1) is 6.92 Å². The van der Waals surface area contributed by atoms with Crippen molar-refractivity contribution in [3.8, 4) is 0 Å². The highest BCUT2D eigenvalue weighted by Crippen LogP contribution is 2.29. The summed E-state index contributed by atoms with van der Waals surface area (Å²) in [6, 6.07) is 9.75. The first-order chi connectivity index (χ1) is 13.8. The third kappa shape index (κ3) is 3.83. The normalized spacial score (nSPS) is 12.6. The summed E-state index contributed by atoms with van der Waals surface area (Å²) in [5, 5.41) is 20.0. The molecular formula is C21H25N3O5S. The van der Waals surface area contributed by atoms with Gasteiger partial charge in [0, 0.05) is 31.8 Å². The van der Waals surface area contributed by atoms with Crippen LogP contribution in [0.15, 0.2) is 41.3 Å². The van der Waals surface area contributed by atoms with Crippen LogP contribution in [0.2, 0.25) is 0 Å². The van der Waals surface area contributed by atoms with Gasteiger partial charge in [0.25, 0.3) is 0 Å². The summed E-state index contributed by atoms with van der Waals surface area (Å²) in [7, 11) is -0.584. The minimum atomic E-state index is -3.53. The van der Waals surface area contributed by atoms with Crippen LogP contribution < -0.4 is 0 Å². The molecule has 30 heavy (non-hydrogen) atoms. The van der Waals surface area contributed by atoms with E-state index in [1.54, 1.807) is 45.0 Å². The average Bonchev–Trinajstić information content (AvgIpc) is 2.92. The van der Waals surface area contributed by atoms with Gasteiger partial charge in [-0.3, -0.25) is 0 Å². The Morgan fingerprint density at radius 3 is 2.23 bits per heavy atom. The summed E-state index contributed by atoms with van der Waals surface area (Å²) in [5.74, 6) is 0. The number of nitrogens with zero attached hydrogens (tertiary/aromatic N) is 3. The molecule has 3 aromatic rings. The van der Waals surface area contributed by atoms with E-state index in [0.717, 1.165) is 9.87 Å². The smallest absolute Gasteiger partial charge is 0.416 e. The molecule has 2 N–H and O–H groups in total. The molecular weight excluding hydrogens is 406 g/mol. The third-order valence-electron chi connectivity index (χ3n) is 5.07. The van der Waals surface area contributed by atoms with Crippen LogP contribution >= 0.6 is 0 Å². The summed E-state index contributed by atoms with van der Waals surface area (Å²) >= 11 is 0. The zero-order chi connectivity index (χ0) is 22.4. The van der Waals surface area contributed by atoms with Crippen molar-refractivity contribution < 1.29 is 23.4 Å².